The first-order valence-corrected chi connectivity index (χ1v) is 9.78. The van der Waals surface area contributed by atoms with Crippen molar-refractivity contribution in [3.8, 4) is 11.3 Å². The Balaban J connectivity index is 1.93. The second kappa shape index (κ2) is 9.37. The van der Waals surface area contributed by atoms with Gasteiger partial charge in [-0.2, -0.15) is 5.10 Å². The van der Waals surface area contributed by atoms with Crippen molar-refractivity contribution in [3.05, 3.63) is 75.5 Å². The van der Waals surface area contributed by atoms with E-state index in [4.69, 9.17) is 11.6 Å². The van der Waals surface area contributed by atoms with Crippen molar-refractivity contribution < 1.29 is 9.59 Å². The van der Waals surface area contributed by atoms with Gasteiger partial charge in [-0.1, -0.05) is 48.9 Å². The van der Waals surface area contributed by atoms with Crippen LogP contribution in [0.25, 0.3) is 11.3 Å². The maximum Gasteiger partial charge on any atom is 0.291 e. The molecule has 1 aromatic heterocycles. The van der Waals surface area contributed by atoms with Crippen LogP contribution in [-0.4, -0.2) is 21.6 Å². The summed E-state index contributed by atoms with van der Waals surface area (Å²) in [6.45, 7) is 3.20. The monoisotopic (exact) mass is 424 g/mol. The SMILES string of the molecule is CCC(=O)Nc1cc(-c2ccccc2)nn(CC(=O)Nc2ccc(Cl)cc2C)c1=O. The molecule has 0 saturated heterocycles. The van der Waals surface area contributed by atoms with E-state index in [0.717, 1.165) is 15.8 Å². The van der Waals surface area contributed by atoms with Gasteiger partial charge in [-0.05, 0) is 36.8 Å². The molecular weight excluding hydrogens is 404 g/mol. The molecule has 7 nitrogen and oxygen atoms in total. The second-order valence-electron chi connectivity index (χ2n) is 6.68. The fourth-order valence-corrected chi connectivity index (χ4v) is 3.05. The van der Waals surface area contributed by atoms with Crippen LogP contribution < -0.4 is 16.2 Å². The van der Waals surface area contributed by atoms with Crippen LogP contribution in [0, 0.1) is 6.92 Å². The van der Waals surface area contributed by atoms with E-state index in [9.17, 15) is 14.4 Å². The number of nitrogens with one attached hydrogen (secondary N) is 2. The highest BCUT2D eigenvalue weighted by molar-refractivity contribution is 6.30. The number of halogens is 1. The lowest BCUT2D eigenvalue weighted by molar-refractivity contribution is -0.117. The smallest absolute Gasteiger partial charge is 0.291 e. The summed E-state index contributed by atoms with van der Waals surface area (Å²) in [5.74, 6) is -0.724. The first-order chi connectivity index (χ1) is 14.4. The molecule has 1 heterocycles. The van der Waals surface area contributed by atoms with E-state index in [1.807, 2.05) is 37.3 Å². The number of aryl methyl sites for hydroxylation is 1. The van der Waals surface area contributed by atoms with E-state index in [0.29, 0.717) is 16.4 Å². The fourth-order valence-electron chi connectivity index (χ4n) is 2.82. The second-order valence-corrected chi connectivity index (χ2v) is 7.12. The number of amides is 2. The molecule has 0 unspecified atom stereocenters. The van der Waals surface area contributed by atoms with Gasteiger partial charge in [0.15, 0.2) is 0 Å². The zero-order chi connectivity index (χ0) is 21.7. The maximum absolute atomic E-state index is 12.8. The number of anilines is 2. The number of benzene rings is 2. The predicted molar refractivity (Wildman–Crippen MR) is 118 cm³/mol. The molecule has 2 N–H and O–H groups in total. The predicted octanol–water partition coefficient (Wildman–Crippen LogP) is 3.86. The van der Waals surface area contributed by atoms with E-state index >= 15 is 0 Å². The van der Waals surface area contributed by atoms with E-state index in [-0.39, 0.29) is 24.6 Å². The molecule has 0 aliphatic heterocycles. The Bertz CT molecular complexity index is 1140. The van der Waals surface area contributed by atoms with Crippen molar-refractivity contribution in [2.75, 3.05) is 10.6 Å². The molecule has 3 rings (SSSR count). The average Bonchev–Trinajstić information content (AvgIpc) is 2.73. The van der Waals surface area contributed by atoms with Gasteiger partial charge < -0.3 is 10.6 Å². The van der Waals surface area contributed by atoms with Crippen molar-refractivity contribution >= 4 is 34.8 Å². The standard InChI is InChI=1S/C22H21ClN4O3/c1-3-20(28)25-19-12-18(15-7-5-4-6-8-15)26-27(22(19)30)13-21(29)24-17-10-9-16(23)11-14(17)2/h4-12H,3,13H2,1-2H3,(H,24,29)(H,25,28). The van der Waals surface area contributed by atoms with Crippen molar-refractivity contribution in [1.29, 1.82) is 0 Å². The molecule has 0 aliphatic carbocycles. The zero-order valence-corrected chi connectivity index (χ0v) is 17.4. The van der Waals surface area contributed by atoms with E-state index in [1.54, 1.807) is 25.1 Å². The Morgan fingerprint density at radius 3 is 2.37 bits per heavy atom. The molecule has 0 saturated carbocycles. The van der Waals surface area contributed by atoms with E-state index in [2.05, 4.69) is 15.7 Å². The third-order valence-corrected chi connectivity index (χ3v) is 4.63. The molecule has 2 aromatic carbocycles. The molecule has 2 amide bonds. The number of aromatic nitrogens is 2. The largest absolute Gasteiger partial charge is 0.324 e. The van der Waals surface area contributed by atoms with Crippen LogP contribution >= 0.6 is 11.6 Å². The Kier molecular flexibility index (Phi) is 6.64. The van der Waals surface area contributed by atoms with Crippen LogP contribution in [0.3, 0.4) is 0 Å². The quantitative estimate of drug-likeness (QED) is 0.628. The minimum absolute atomic E-state index is 0.0752. The molecule has 0 fully saturated rings. The van der Waals surface area contributed by atoms with Crippen LogP contribution in [0.15, 0.2) is 59.4 Å². The lowest BCUT2D eigenvalue weighted by atomic mass is 10.1. The van der Waals surface area contributed by atoms with Crippen LogP contribution in [-0.2, 0) is 16.1 Å². The van der Waals surface area contributed by atoms with Gasteiger partial charge >= 0.3 is 0 Å². The molecule has 0 atom stereocenters. The highest BCUT2D eigenvalue weighted by Gasteiger charge is 2.15. The summed E-state index contributed by atoms with van der Waals surface area (Å²) in [5, 5.41) is 10.2. The summed E-state index contributed by atoms with van der Waals surface area (Å²) in [6.07, 6.45) is 0.221. The van der Waals surface area contributed by atoms with Crippen molar-refractivity contribution in [1.82, 2.24) is 9.78 Å². The molecule has 0 radical (unpaired) electrons. The normalized spacial score (nSPS) is 10.5. The van der Waals surface area contributed by atoms with Gasteiger partial charge in [0, 0.05) is 22.7 Å². The minimum Gasteiger partial charge on any atom is -0.324 e. The fraction of sp³-hybridized carbons (Fsp3) is 0.182. The van der Waals surface area contributed by atoms with Crippen LogP contribution in [0.1, 0.15) is 18.9 Å². The lowest BCUT2D eigenvalue weighted by Gasteiger charge is -2.13. The first kappa shape index (κ1) is 21.3. The summed E-state index contributed by atoms with van der Waals surface area (Å²) in [4.78, 5) is 37.2. The molecule has 8 heteroatoms. The average molecular weight is 425 g/mol. The third kappa shape index (κ3) is 5.12. The Labute approximate surface area is 178 Å². The van der Waals surface area contributed by atoms with Gasteiger partial charge in [0.05, 0.1) is 5.69 Å². The summed E-state index contributed by atoms with van der Waals surface area (Å²) >= 11 is 5.95. The molecule has 154 valence electrons. The molecule has 30 heavy (non-hydrogen) atoms. The lowest BCUT2D eigenvalue weighted by Crippen LogP contribution is -2.32. The maximum atomic E-state index is 12.8. The molecule has 0 bridgehead atoms. The van der Waals surface area contributed by atoms with Crippen molar-refractivity contribution in [3.63, 3.8) is 0 Å². The van der Waals surface area contributed by atoms with Crippen molar-refractivity contribution in [2.24, 2.45) is 0 Å². The molecular formula is C22H21ClN4O3. The zero-order valence-electron chi connectivity index (χ0n) is 16.6. The van der Waals surface area contributed by atoms with Gasteiger partial charge in [-0.3, -0.25) is 14.4 Å². The van der Waals surface area contributed by atoms with Crippen LogP contribution in [0.2, 0.25) is 5.02 Å². The number of nitrogens with zero attached hydrogens (tertiary/aromatic N) is 2. The van der Waals surface area contributed by atoms with Crippen LogP contribution in [0.4, 0.5) is 11.4 Å². The first-order valence-electron chi connectivity index (χ1n) is 9.41. The van der Waals surface area contributed by atoms with Crippen molar-refractivity contribution in [2.45, 2.75) is 26.8 Å². The van der Waals surface area contributed by atoms with Gasteiger partial charge in [0.25, 0.3) is 5.56 Å². The number of rotatable bonds is 6. The number of hydrogen-bond donors (Lipinski definition) is 2. The molecule has 3 aromatic rings. The number of hydrogen-bond acceptors (Lipinski definition) is 4. The number of carbonyl (C=O) groups excluding carboxylic acids is 2. The van der Waals surface area contributed by atoms with E-state index < -0.39 is 11.5 Å². The van der Waals surface area contributed by atoms with Gasteiger partial charge in [0.1, 0.15) is 12.2 Å². The van der Waals surface area contributed by atoms with Crippen LogP contribution in [0.5, 0.6) is 0 Å². The number of carbonyl (C=O) groups is 2. The van der Waals surface area contributed by atoms with Gasteiger partial charge in [0.2, 0.25) is 11.8 Å². The summed E-state index contributed by atoms with van der Waals surface area (Å²) in [7, 11) is 0. The summed E-state index contributed by atoms with van der Waals surface area (Å²) in [5.41, 5.74) is 2.14. The summed E-state index contributed by atoms with van der Waals surface area (Å²) < 4.78 is 1.05. The Hall–Kier alpha value is -3.45. The molecule has 0 aliphatic rings. The highest BCUT2D eigenvalue weighted by atomic mass is 35.5. The molecule has 0 spiro atoms. The topological polar surface area (TPSA) is 93.1 Å². The van der Waals surface area contributed by atoms with Gasteiger partial charge in [-0.25, -0.2) is 4.68 Å². The summed E-state index contributed by atoms with van der Waals surface area (Å²) in [6, 6.07) is 15.8. The Morgan fingerprint density at radius 2 is 1.70 bits per heavy atom. The third-order valence-electron chi connectivity index (χ3n) is 4.40. The van der Waals surface area contributed by atoms with Gasteiger partial charge in [-0.15, -0.1) is 0 Å². The van der Waals surface area contributed by atoms with E-state index in [1.165, 1.54) is 6.07 Å². The highest BCUT2D eigenvalue weighted by Crippen LogP contribution is 2.20. The minimum atomic E-state index is -0.556. The Morgan fingerprint density at radius 1 is 1.00 bits per heavy atom.